The number of unbranched alkanes of at least 4 members (excludes halogenated alkanes) is 1. The van der Waals surface area contributed by atoms with Gasteiger partial charge in [0, 0.05) is 31.3 Å². The Morgan fingerprint density at radius 3 is 2.37 bits per heavy atom. The number of hydrogen-bond acceptors (Lipinski definition) is 9. The number of nitrogens with one attached hydrogen (secondary N) is 3. The number of nitrogens with two attached hydrogens (primary N) is 2. The number of aromatic amines is 1. The van der Waals surface area contributed by atoms with Gasteiger partial charge in [0.2, 0.25) is 11.8 Å². The topological polar surface area (TPSA) is 183 Å². The maximum atomic E-state index is 12.8. The molecule has 0 bridgehead atoms. The maximum Gasteiger partial charge on any atom is 0.326 e. The molecule has 0 unspecified atom stereocenters. The minimum atomic E-state index is -0.262. The fraction of sp³-hybridized carbons (Fsp3) is 0.444. The monoisotopic (exact) mass is 672 g/mol. The van der Waals surface area contributed by atoms with Crippen molar-refractivity contribution in [2.75, 3.05) is 45.1 Å². The van der Waals surface area contributed by atoms with E-state index < -0.39 is 0 Å². The van der Waals surface area contributed by atoms with Gasteiger partial charge in [-0.2, -0.15) is 4.98 Å². The predicted molar refractivity (Wildman–Crippen MR) is 189 cm³/mol. The van der Waals surface area contributed by atoms with E-state index in [-0.39, 0.29) is 29.9 Å². The Hall–Kier alpha value is -4.72. The minimum absolute atomic E-state index is 0.0716. The molecule has 5 rings (SSSR count). The number of pyridine rings is 1. The number of imidazole rings is 1. The van der Waals surface area contributed by atoms with E-state index >= 15 is 0 Å². The zero-order valence-corrected chi connectivity index (χ0v) is 28.2. The number of nitrogen functional groups attached to an aromatic ring is 1. The van der Waals surface area contributed by atoms with Crippen molar-refractivity contribution in [3.63, 3.8) is 0 Å². The third-order valence-corrected chi connectivity index (χ3v) is 9.00. The van der Waals surface area contributed by atoms with E-state index in [2.05, 4.69) is 61.5 Å². The number of H-pyrrole nitrogens is 1. The highest BCUT2D eigenvalue weighted by molar-refractivity contribution is 5.94. The van der Waals surface area contributed by atoms with Crippen molar-refractivity contribution in [2.45, 2.75) is 58.5 Å². The third-order valence-electron chi connectivity index (χ3n) is 9.00. The number of carbonyl (C=O) groups is 2. The van der Waals surface area contributed by atoms with Crippen LogP contribution in [0.3, 0.4) is 0 Å². The van der Waals surface area contributed by atoms with Crippen LogP contribution >= 0.6 is 0 Å². The normalized spacial score (nSPS) is 13.8. The summed E-state index contributed by atoms with van der Waals surface area (Å²) >= 11 is 0. The molecular formula is C36H48N8O5. The molecule has 1 aliphatic rings. The number of benzene rings is 2. The summed E-state index contributed by atoms with van der Waals surface area (Å²) in [5.74, 6) is 5.82. The van der Waals surface area contributed by atoms with Crippen LogP contribution in [0, 0.1) is 5.92 Å². The molecule has 0 radical (unpaired) electrons. The second-order valence-corrected chi connectivity index (χ2v) is 12.6. The first-order valence-electron chi connectivity index (χ1n) is 17.1. The third kappa shape index (κ3) is 10.1. The summed E-state index contributed by atoms with van der Waals surface area (Å²) in [5, 5.41) is 5.79. The molecule has 0 spiro atoms. The number of rotatable bonds is 17. The highest BCUT2D eigenvalue weighted by Crippen LogP contribution is 2.24. The van der Waals surface area contributed by atoms with Crippen LogP contribution in [0.15, 0.2) is 59.4 Å². The fourth-order valence-corrected chi connectivity index (χ4v) is 6.12. The first-order valence-corrected chi connectivity index (χ1v) is 17.1. The number of fused-ring (bicyclic) bond motifs is 1. The van der Waals surface area contributed by atoms with Gasteiger partial charge in [0.15, 0.2) is 5.82 Å². The number of hydrogen-bond donors (Lipinski definition) is 5. The van der Waals surface area contributed by atoms with Crippen LogP contribution in [-0.4, -0.2) is 70.6 Å². The molecule has 0 aliphatic carbocycles. The van der Waals surface area contributed by atoms with Crippen molar-refractivity contribution >= 4 is 28.7 Å². The van der Waals surface area contributed by atoms with Gasteiger partial charge in [0.05, 0.1) is 18.7 Å². The predicted octanol–water partition coefficient (Wildman–Crippen LogP) is 3.12. The quantitative estimate of drug-likeness (QED) is 0.0831. The molecule has 1 saturated heterocycles. The molecule has 2 aromatic heterocycles. The number of amides is 2. The Morgan fingerprint density at radius 1 is 0.980 bits per heavy atom. The molecule has 4 aromatic rings. The molecule has 1 fully saturated rings. The molecule has 2 amide bonds. The van der Waals surface area contributed by atoms with Crippen LogP contribution in [0.5, 0.6) is 5.88 Å². The summed E-state index contributed by atoms with van der Waals surface area (Å²) in [6.45, 7) is 6.93. The van der Waals surface area contributed by atoms with Crippen LogP contribution in [0.4, 0.5) is 5.82 Å². The molecule has 13 nitrogen and oxygen atoms in total. The van der Waals surface area contributed by atoms with Gasteiger partial charge >= 0.3 is 5.69 Å². The summed E-state index contributed by atoms with van der Waals surface area (Å²) in [6, 6.07) is 17.6. The number of ether oxygens (including phenoxy) is 1. The first-order chi connectivity index (χ1) is 23.8. The maximum absolute atomic E-state index is 12.8. The fourth-order valence-electron chi connectivity index (χ4n) is 6.12. The smallest absolute Gasteiger partial charge is 0.326 e. The van der Waals surface area contributed by atoms with Gasteiger partial charge in [-0.25, -0.2) is 10.7 Å². The number of anilines is 1. The van der Waals surface area contributed by atoms with E-state index in [1.54, 1.807) is 10.6 Å². The highest BCUT2D eigenvalue weighted by Gasteiger charge is 2.20. The molecular weight excluding hydrogens is 624 g/mol. The Bertz CT molecular complexity index is 1730. The zero-order valence-electron chi connectivity index (χ0n) is 28.2. The average Bonchev–Trinajstić information content (AvgIpc) is 3.41. The van der Waals surface area contributed by atoms with Crippen LogP contribution in [0.1, 0.15) is 66.1 Å². The second-order valence-electron chi connectivity index (χ2n) is 12.6. The Balaban J connectivity index is 1.03. The minimum Gasteiger partial charge on any atom is -0.478 e. The SMILES string of the molecule is CCCCOc1cc2c([nH]c(=O)n2Cc2ccc(CN3CCC(CCNC(=O)c4ccc(CCNC(=O)CON)cc4)CC3)cc2)c(N)n1. The number of nitrogens with zero attached hydrogens (tertiary/aromatic N) is 3. The van der Waals surface area contributed by atoms with E-state index in [0.29, 0.717) is 61.1 Å². The summed E-state index contributed by atoms with van der Waals surface area (Å²) < 4.78 is 7.43. The van der Waals surface area contributed by atoms with Crippen molar-refractivity contribution < 1.29 is 19.2 Å². The molecule has 3 heterocycles. The summed E-state index contributed by atoms with van der Waals surface area (Å²) in [5.41, 5.74) is 11.0. The Labute approximate surface area is 286 Å². The lowest BCUT2D eigenvalue weighted by atomic mass is 9.93. The molecule has 1 aliphatic heterocycles. The van der Waals surface area contributed by atoms with Gasteiger partial charge in [0.25, 0.3) is 5.91 Å². The summed E-state index contributed by atoms with van der Waals surface area (Å²) in [7, 11) is 0. The van der Waals surface area contributed by atoms with Gasteiger partial charge in [-0.15, -0.1) is 0 Å². The van der Waals surface area contributed by atoms with Gasteiger partial charge in [-0.3, -0.25) is 23.9 Å². The molecule has 262 valence electrons. The lowest BCUT2D eigenvalue weighted by Gasteiger charge is -2.32. The van der Waals surface area contributed by atoms with Crippen LogP contribution in [0.2, 0.25) is 0 Å². The van der Waals surface area contributed by atoms with E-state index in [1.165, 1.54) is 5.56 Å². The lowest BCUT2D eigenvalue weighted by molar-refractivity contribution is -0.125. The van der Waals surface area contributed by atoms with Gasteiger partial charge in [-0.05, 0) is 79.9 Å². The van der Waals surface area contributed by atoms with E-state index in [1.807, 2.05) is 24.3 Å². The second kappa shape index (κ2) is 17.6. The van der Waals surface area contributed by atoms with Crippen LogP contribution in [-0.2, 0) is 29.1 Å². The summed E-state index contributed by atoms with van der Waals surface area (Å²) in [4.78, 5) is 50.8. The van der Waals surface area contributed by atoms with Crippen LogP contribution in [0.25, 0.3) is 11.0 Å². The number of carbonyl (C=O) groups excluding carboxylic acids is 2. The number of piperidine rings is 1. The van der Waals surface area contributed by atoms with Crippen molar-refractivity contribution in [1.82, 2.24) is 30.1 Å². The van der Waals surface area contributed by atoms with Crippen molar-refractivity contribution in [2.24, 2.45) is 11.8 Å². The Kier molecular flexibility index (Phi) is 12.8. The standard InChI is InChI=1S/C36H48N8O5/c1-2-3-20-48-32-21-30-33(34(37)41-32)42-36(47)44(30)23-28-6-4-27(5-7-28)22-43-18-14-26(15-19-43)13-17-40-35(46)29-10-8-25(9-11-29)12-16-39-31(45)24-49-38/h4-11,21,26H,2-3,12-20,22-24,38H2,1H3,(H2,37,41)(H,39,45)(H,40,46)(H,42,47). The van der Waals surface area contributed by atoms with Gasteiger partial charge in [0.1, 0.15) is 12.1 Å². The van der Waals surface area contributed by atoms with Gasteiger partial charge < -0.3 is 26.1 Å². The van der Waals surface area contributed by atoms with E-state index in [0.717, 1.165) is 62.9 Å². The molecule has 0 saturated carbocycles. The summed E-state index contributed by atoms with van der Waals surface area (Å²) in [6.07, 6.45) is 5.74. The molecule has 0 atom stereocenters. The molecule has 7 N–H and O–H groups in total. The van der Waals surface area contributed by atoms with Crippen molar-refractivity contribution in [1.29, 1.82) is 0 Å². The van der Waals surface area contributed by atoms with Crippen molar-refractivity contribution in [3.05, 3.63) is 87.3 Å². The van der Waals surface area contributed by atoms with Crippen molar-refractivity contribution in [3.8, 4) is 5.88 Å². The van der Waals surface area contributed by atoms with E-state index in [4.69, 9.17) is 16.4 Å². The average molecular weight is 673 g/mol. The molecule has 13 heteroatoms. The molecule has 49 heavy (non-hydrogen) atoms. The van der Waals surface area contributed by atoms with Crippen LogP contribution < -0.4 is 32.7 Å². The number of aromatic nitrogens is 3. The lowest BCUT2D eigenvalue weighted by Crippen LogP contribution is -2.34. The highest BCUT2D eigenvalue weighted by atomic mass is 16.6. The Morgan fingerprint density at radius 2 is 1.67 bits per heavy atom. The van der Waals surface area contributed by atoms with E-state index in [9.17, 15) is 14.4 Å². The zero-order chi connectivity index (χ0) is 34.6. The molecule has 2 aromatic carbocycles. The van der Waals surface area contributed by atoms with Gasteiger partial charge in [-0.1, -0.05) is 49.7 Å². The largest absolute Gasteiger partial charge is 0.478 e. The first kappa shape index (κ1) is 35.6. The number of likely N-dealkylation sites (tertiary alicyclic amines) is 1.